The van der Waals surface area contributed by atoms with Gasteiger partial charge in [-0.2, -0.15) is 0 Å². The van der Waals surface area contributed by atoms with E-state index in [0.29, 0.717) is 16.7 Å². The molecule has 0 bridgehead atoms. The Labute approximate surface area is 174 Å². The van der Waals surface area contributed by atoms with Crippen LogP contribution in [0.2, 0.25) is 5.02 Å². The van der Waals surface area contributed by atoms with E-state index < -0.39 is 5.91 Å². The van der Waals surface area contributed by atoms with Crippen LogP contribution < -0.4 is 10.2 Å². The minimum atomic E-state index is -0.402. The molecule has 9 heteroatoms. The molecule has 150 valence electrons. The second-order valence-electron chi connectivity index (χ2n) is 7.02. The maximum Gasteiger partial charge on any atom is 0.296 e. The van der Waals surface area contributed by atoms with Crippen molar-refractivity contribution in [2.24, 2.45) is 0 Å². The van der Waals surface area contributed by atoms with E-state index in [4.69, 9.17) is 11.6 Å². The maximum atomic E-state index is 12.6. The van der Waals surface area contributed by atoms with Crippen LogP contribution >= 0.6 is 11.6 Å². The van der Waals surface area contributed by atoms with Crippen molar-refractivity contribution in [3.63, 3.8) is 0 Å². The summed E-state index contributed by atoms with van der Waals surface area (Å²) in [6.45, 7) is 5.78. The largest absolute Gasteiger partial charge is 0.368 e. The van der Waals surface area contributed by atoms with Gasteiger partial charge in [0.15, 0.2) is 0 Å². The highest BCUT2D eigenvalue weighted by molar-refractivity contribution is 6.30. The molecule has 1 aliphatic heterocycles. The number of aryl methyl sites for hydroxylation is 1. The van der Waals surface area contributed by atoms with Gasteiger partial charge in [0, 0.05) is 31.2 Å². The molecule has 0 aliphatic carbocycles. The number of amides is 1. The maximum absolute atomic E-state index is 12.6. The van der Waals surface area contributed by atoms with Gasteiger partial charge in [-0.3, -0.25) is 4.79 Å². The van der Waals surface area contributed by atoms with Crippen molar-refractivity contribution >= 4 is 29.0 Å². The van der Waals surface area contributed by atoms with Crippen LogP contribution in [-0.2, 0) is 0 Å². The molecule has 2 aromatic heterocycles. The number of nitrogens with one attached hydrogen (secondary N) is 1. The summed E-state index contributed by atoms with van der Waals surface area (Å²) >= 11 is 5.93. The summed E-state index contributed by atoms with van der Waals surface area (Å²) in [5.74, 6) is 0.757. The third-order valence-corrected chi connectivity index (χ3v) is 5.15. The molecule has 3 heterocycles. The number of likely N-dealkylation sites (N-methyl/N-ethyl adjacent to an activating group) is 1. The molecule has 1 N–H and O–H groups in total. The number of piperazine rings is 1. The Morgan fingerprint density at radius 1 is 1.03 bits per heavy atom. The van der Waals surface area contributed by atoms with E-state index in [9.17, 15) is 4.79 Å². The predicted octanol–water partition coefficient (Wildman–Crippen LogP) is 2.63. The van der Waals surface area contributed by atoms with Crippen molar-refractivity contribution in [3.05, 3.63) is 59.3 Å². The van der Waals surface area contributed by atoms with E-state index in [0.717, 1.165) is 37.6 Å². The number of halogens is 1. The first-order valence-corrected chi connectivity index (χ1v) is 9.78. The van der Waals surface area contributed by atoms with Crippen LogP contribution in [0.25, 0.3) is 5.69 Å². The number of hydrogen-bond acceptors (Lipinski definition) is 6. The van der Waals surface area contributed by atoms with E-state index in [1.165, 1.54) is 0 Å². The molecular formula is C20H22ClN7O. The molecule has 0 saturated carbocycles. The second kappa shape index (κ2) is 8.18. The monoisotopic (exact) mass is 411 g/mol. The standard InChI is InChI=1S/C20H22ClN7O/c1-14-23-19(25-28(14)16-5-3-15(21)4-6-16)20(29)24-18-8-7-17(13-22-18)27-11-9-26(2)10-12-27/h3-8,13H,9-12H2,1-2H3,(H,22,24,29). The molecule has 1 saturated heterocycles. The first kappa shape index (κ1) is 19.4. The summed E-state index contributed by atoms with van der Waals surface area (Å²) in [5, 5.41) is 7.71. The van der Waals surface area contributed by atoms with Gasteiger partial charge < -0.3 is 15.1 Å². The zero-order valence-corrected chi connectivity index (χ0v) is 17.1. The van der Waals surface area contributed by atoms with Gasteiger partial charge in [0.1, 0.15) is 11.6 Å². The normalized spacial score (nSPS) is 14.8. The molecule has 1 aromatic carbocycles. The fourth-order valence-corrected chi connectivity index (χ4v) is 3.32. The highest BCUT2D eigenvalue weighted by Gasteiger charge is 2.17. The number of hydrogen-bond donors (Lipinski definition) is 1. The number of rotatable bonds is 4. The van der Waals surface area contributed by atoms with Crippen LogP contribution in [0.3, 0.4) is 0 Å². The van der Waals surface area contributed by atoms with E-state index in [-0.39, 0.29) is 5.82 Å². The van der Waals surface area contributed by atoms with Crippen molar-refractivity contribution < 1.29 is 4.79 Å². The lowest BCUT2D eigenvalue weighted by Crippen LogP contribution is -2.44. The average Bonchev–Trinajstić information content (AvgIpc) is 3.12. The van der Waals surface area contributed by atoms with E-state index in [1.54, 1.807) is 36.0 Å². The van der Waals surface area contributed by atoms with Crippen LogP contribution in [0.15, 0.2) is 42.6 Å². The summed E-state index contributed by atoms with van der Waals surface area (Å²) in [6, 6.07) is 11.0. The topological polar surface area (TPSA) is 79.2 Å². The van der Waals surface area contributed by atoms with Crippen molar-refractivity contribution in [1.82, 2.24) is 24.6 Å². The van der Waals surface area contributed by atoms with Crippen LogP contribution in [0.5, 0.6) is 0 Å². The molecule has 3 aromatic rings. The number of carbonyl (C=O) groups excluding carboxylic acids is 1. The zero-order chi connectivity index (χ0) is 20.4. The molecule has 8 nitrogen and oxygen atoms in total. The molecular weight excluding hydrogens is 390 g/mol. The molecule has 0 atom stereocenters. The van der Waals surface area contributed by atoms with Crippen molar-refractivity contribution in [2.45, 2.75) is 6.92 Å². The molecule has 0 unspecified atom stereocenters. The van der Waals surface area contributed by atoms with Gasteiger partial charge in [-0.1, -0.05) is 11.6 Å². The SMILES string of the molecule is Cc1nc(C(=O)Nc2ccc(N3CCN(C)CC3)cn2)nn1-c1ccc(Cl)cc1. The van der Waals surface area contributed by atoms with Crippen LogP contribution in [0.4, 0.5) is 11.5 Å². The molecule has 29 heavy (non-hydrogen) atoms. The molecule has 1 amide bonds. The number of anilines is 2. The fraction of sp³-hybridized carbons (Fsp3) is 0.300. The average molecular weight is 412 g/mol. The minimum Gasteiger partial charge on any atom is -0.368 e. The Morgan fingerprint density at radius 2 is 1.72 bits per heavy atom. The third kappa shape index (κ3) is 4.38. The lowest BCUT2D eigenvalue weighted by Gasteiger charge is -2.33. The van der Waals surface area contributed by atoms with Gasteiger partial charge in [-0.05, 0) is 50.4 Å². The van der Waals surface area contributed by atoms with Crippen molar-refractivity contribution in [2.75, 3.05) is 43.4 Å². The Hall–Kier alpha value is -2.97. The Morgan fingerprint density at radius 3 is 2.38 bits per heavy atom. The van der Waals surface area contributed by atoms with Gasteiger partial charge in [0.2, 0.25) is 5.82 Å². The first-order valence-electron chi connectivity index (χ1n) is 9.40. The third-order valence-electron chi connectivity index (χ3n) is 4.90. The quantitative estimate of drug-likeness (QED) is 0.711. The number of benzene rings is 1. The summed E-state index contributed by atoms with van der Waals surface area (Å²) in [7, 11) is 2.12. The summed E-state index contributed by atoms with van der Waals surface area (Å²) in [6.07, 6.45) is 1.78. The summed E-state index contributed by atoms with van der Waals surface area (Å²) < 4.78 is 1.61. The van der Waals surface area contributed by atoms with Gasteiger partial charge in [-0.25, -0.2) is 14.6 Å². The number of aromatic nitrogens is 4. The smallest absolute Gasteiger partial charge is 0.296 e. The number of carbonyl (C=O) groups is 1. The molecule has 4 rings (SSSR count). The number of pyridine rings is 1. The van der Waals surface area contributed by atoms with Crippen LogP contribution in [0, 0.1) is 6.92 Å². The summed E-state index contributed by atoms with van der Waals surface area (Å²) in [5.41, 5.74) is 1.84. The van der Waals surface area contributed by atoms with Crippen LogP contribution in [0.1, 0.15) is 16.4 Å². The van der Waals surface area contributed by atoms with E-state index in [2.05, 4.69) is 37.2 Å². The predicted molar refractivity (Wildman–Crippen MR) is 113 cm³/mol. The van der Waals surface area contributed by atoms with Crippen LogP contribution in [-0.4, -0.2) is 63.8 Å². The lowest BCUT2D eigenvalue weighted by atomic mass is 10.3. The van der Waals surface area contributed by atoms with Gasteiger partial charge >= 0.3 is 0 Å². The second-order valence-corrected chi connectivity index (χ2v) is 7.45. The Kier molecular flexibility index (Phi) is 5.46. The Bertz CT molecular complexity index is 993. The van der Waals surface area contributed by atoms with E-state index in [1.807, 2.05) is 18.2 Å². The molecule has 0 radical (unpaired) electrons. The van der Waals surface area contributed by atoms with Gasteiger partial charge in [-0.15, -0.1) is 5.10 Å². The summed E-state index contributed by atoms with van der Waals surface area (Å²) in [4.78, 5) is 25.8. The molecule has 0 spiro atoms. The van der Waals surface area contributed by atoms with Crippen molar-refractivity contribution in [1.29, 1.82) is 0 Å². The minimum absolute atomic E-state index is 0.0856. The van der Waals surface area contributed by atoms with Gasteiger partial charge in [0.05, 0.1) is 17.6 Å². The van der Waals surface area contributed by atoms with E-state index >= 15 is 0 Å². The highest BCUT2D eigenvalue weighted by Crippen LogP contribution is 2.18. The fourth-order valence-electron chi connectivity index (χ4n) is 3.20. The number of nitrogens with zero attached hydrogens (tertiary/aromatic N) is 6. The van der Waals surface area contributed by atoms with Crippen molar-refractivity contribution in [3.8, 4) is 5.69 Å². The Balaban J connectivity index is 1.44. The highest BCUT2D eigenvalue weighted by atomic mass is 35.5. The zero-order valence-electron chi connectivity index (χ0n) is 16.3. The molecule has 1 fully saturated rings. The molecule has 1 aliphatic rings. The van der Waals surface area contributed by atoms with Gasteiger partial charge in [0.25, 0.3) is 5.91 Å². The lowest BCUT2D eigenvalue weighted by molar-refractivity contribution is 0.101. The first-order chi connectivity index (χ1) is 14.0.